The molecule has 0 aliphatic rings. The predicted octanol–water partition coefficient (Wildman–Crippen LogP) is 2.60. The van der Waals surface area contributed by atoms with Gasteiger partial charge in [0, 0.05) is 4.47 Å². The lowest BCUT2D eigenvalue weighted by atomic mass is 10.2. The van der Waals surface area contributed by atoms with Gasteiger partial charge in [-0.1, -0.05) is 15.9 Å². The van der Waals surface area contributed by atoms with Crippen LogP contribution in [-0.4, -0.2) is 11.6 Å². The van der Waals surface area contributed by atoms with Crippen LogP contribution >= 0.6 is 15.9 Å². The fraction of sp³-hybridized carbons (Fsp3) is 0.125. The van der Waals surface area contributed by atoms with Crippen LogP contribution in [0.1, 0.15) is 5.56 Å². The van der Waals surface area contributed by atoms with Crippen LogP contribution in [0, 0.1) is 12.7 Å². The van der Waals surface area contributed by atoms with Gasteiger partial charge in [-0.15, -0.1) is 0 Å². The van der Waals surface area contributed by atoms with Crippen LogP contribution < -0.4 is 0 Å². The van der Waals surface area contributed by atoms with E-state index in [4.69, 9.17) is 9.90 Å². The minimum Gasteiger partial charge on any atom is -0.483 e. The molecule has 0 atom stereocenters. The maximum absolute atomic E-state index is 12.3. The summed E-state index contributed by atoms with van der Waals surface area (Å²) in [5.41, 5.74) is 0.926. The number of rotatable bonds is 0. The summed E-state index contributed by atoms with van der Waals surface area (Å²) in [4.78, 5) is 8.36. The van der Waals surface area contributed by atoms with Gasteiger partial charge in [0.05, 0.1) is 0 Å². The zero-order valence-corrected chi connectivity index (χ0v) is 8.01. The fourth-order valence-electron chi connectivity index (χ4n) is 0.608. The molecular formula is C8H8BrFO2. The highest BCUT2D eigenvalue weighted by molar-refractivity contribution is 9.10. The number of hydrogen-bond acceptors (Lipinski definition) is 1. The summed E-state index contributed by atoms with van der Waals surface area (Å²) < 4.78 is 13.3. The van der Waals surface area contributed by atoms with E-state index in [1.807, 2.05) is 6.92 Å². The molecule has 2 nitrogen and oxygen atoms in total. The Labute approximate surface area is 78.2 Å². The van der Waals surface area contributed by atoms with E-state index in [9.17, 15) is 4.39 Å². The largest absolute Gasteiger partial charge is 0.483 e. The first kappa shape index (κ1) is 11.1. The molecule has 0 aliphatic carbocycles. The summed E-state index contributed by atoms with van der Waals surface area (Å²) in [5, 5.41) is 6.89. The van der Waals surface area contributed by atoms with Gasteiger partial charge in [0.25, 0.3) is 6.47 Å². The maximum Gasteiger partial charge on any atom is 0.290 e. The summed E-state index contributed by atoms with van der Waals surface area (Å²) in [5.74, 6) is -0.185. The van der Waals surface area contributed by atoms with Crippen molar-refractivity contribution in [2.24, 2.45) is 0 Å². The molecule has 1 aromatic carbocycles. The van der Waals surface area contributed by atoms with E-state index in [0.29, 0.717) is 0 Å². The summed E-state index contributed by atoms with van der Waals surface area (Å²) in [6.07, 6.45) is 0. The van der Waals surface area contributed by atoms with Gasteiger partial charge in [-0.25, -0.2) is 4.39 Å². The average Bonchev–Trinajstić information content (AvgIpc) is 1.99. The molecule has 1 rings (SSSR count). The van der Waals surface area contributed by atoms with E-state index in [2.05, 4.69) is 15.9 Å². The van der Waals surface area contributed by atoms with Crippen LogP contribution in [0.2, 0.25) is 0 Å². The quantitative estimate of drug-likeness (QED) is 0.701. The molecule has 0 heterocycles. The number of halogens is 2. The van der Waals surface area contributed by atoms with E-state index < -0.39 is 0 Å². The number of carboxylic acid groups (broad SMARTS) is 1. The first-order chi connectivity index (χ1) is 5.61. The van der Waals surface area contributed by atoms with Crippen molar-refractivity contribution in [3.8, 4) is 0 Å². The molecule has 1 N–H and O–H groups in total. The molecule has 1 aromatic rings. The summed E-state index contributed by atoms with van der Waals surface area (Å²) >= 11 is 3.26. The first-order valence-corrected chi connectivity index (χ1v) is 3.90. The monoisotopic (exact) mass is 234 g/mol. The molecule has 0 amide bonds. The van der Waals surface area contributed by atoms with Gasteiger partial charge < -0.3 is 5.11 Å². The lowest BCUT2D eigenvalue weighted by Crippen LogP contribution is -1.76. The van der Waals surface area contributed by atoms with Gasteiger partial charge in [-0.3, -0.25) is 4.79 Å². The second-order valence-electron chi connectivity index (χ2n) is 2.00. The third-order valence-electron chi connectivity index (χ3n) is 1.12. The first-order valence-electron chi connectivity index (χ1n) is 3.11. The normalized spacial score (nSPS) is 8.25. The molecule has 0 saturated heterocycles. The number of carbonyl (C=O) groups is 1. The van der Waals surface area contributed by atoms with Crippen molar-refractivity contribution >= 4 is 22.4 Å². The molecule has 0 radical (unpaired) electrons. The van der Waals surface area contributed by atoms with Gasteiger partial charge in [-0.2, -0.15) is 0 Å². The Morgan fingerprint density at radius 3 is 2.42 bits per heavy atom. The van der Waals surface area contributed by atoms with Crippen LogP contribution in [-0.2, 0) is 4.79 Å². The summed E-state index contributed by atoms with van der Waals surface area (Å²) in [7, 11) is 0. The van der Waals surface area contributed by atoms with Crippen molar-refractivity contribution in [2.45, 2.75) is 6.92 Å². The molecule has 0 saturated carbocycles. The lowest BCUT2D eigenvalue weighted by molar-refractivity contribution is -0.122. The zero-order chi connectivity index (χ0) is 9.56. The standard InChI is InChI=1S/C7H6BrF.CH2O2/c1-5-4-6(9)2-3-7(5)8;2-1-3/h2-4H,1H3;1H,(H,2,3). The van der Waals surface area contributed by atoms with Crippen molar-refractivity contribution < 1.29 is 14.3 Å². The van der Waals surface area contributed by atoms with Crippen LogP contribution in [0.15, 0.2) is 22.7 Å². The van der Waals surface area contributed by atoms with Crippen LogP contribution in [0.5, 0.6) is 0 Å². The predicted molar refractivity (Wildman–Crippen MR) is 47.5 cm³/mol. The van der Waals surface area contributed by atoms with E-state index in [1.165, 1.54) is 12.1 Å². The maximum atomic E-state index is 12.3. The highest BCUT2D eigenvalue weighted by atomic mass is 79.9. The molecule has 0 aliphatic heterocycles. The minimum absolute atomic E-state index is 0.185. The van der Waals surface area contributed by atoms with Crippen molar-refractivity contribution in [1.29, 1.82) is 0 Å². The molecule has 12 heavy (non-hydrogen) atoms. The van der Waals surface area contributed by atoms with Crippen LogP contribution in [0.4, 0.5) is 4.39 Å². The Kier molecular flexibility index (Phi) is 5.28. The third kappa shape index (κ3) is 4.08. The number of aryl methyl sites for hydroxylation is 1. The SMILES string of the molecule is Cc1cc(F)ccc1Br.O=CO. The second kappa shape index (κ2) is 5.71. The lowest BCUT2D eigenvalue weighted by Gasteiger charge is -1.94. The highest BCUT2D eigenvalue weighted by Crippen LogP contribution is 2.15. The van der Waals surface area contributed by atoms with Gasteiger partial charge in [0.2, 0.25) is 0 Å². The molecule has 0 bridgehead atoms. The van der Waals surface area contributed by atoms with Gasteiger partial charge >= 0.3 is 0 Å². The van der Waals surface area contributed by atoms with Crippen LogP contribution in [0.3, 0.4) is 0 Å². The Morgan fingerprint density at radius 1 is 1.58 bits per heavy atom. The molecule has 66 valence electrons. The van der Waals surface area contributed by atoms with E-state index in [0.717, 1.165) is 10.0 Å². The Morgan fingerprint density at radius 2 is 2.08 bits per heavy atom. The van der Waals surface area contributed by atoms with Gasteiger partial charge in [0.15, 0.2) is 0 Å². The minimum atomic E-state index is -0.250. The van der Waals surface area contributed by atoms with Crippen molar-refractivity contribution in [2.75, 3.05) is 0 Å². The smallest absolute Gasteiger partial charge is 0.290 e. The average molecular weight is 235 g/mol. The molecule has 0 fully saturated rings. The highest BCUT2D eigenvalue weighted by Gasteiger charge is 1.93. The molecule has 0 unspecified atom stereocenters. The second-order valence-corrected chi connectivity index (χ2v) is 2.85. The van der Waals surface area contributed by atoms with E-state index in [-0.39, 0.29) is 12.3 Å². The number of hydrogen-bond donors (Lipinski definition) is 1. The Balaban J connectivity index is 0.000000354. The fourth-order valence-corrected chi connectivity index (χ4v) is 0.855. The topological polar surface area (TPSA) is 37.3 Å². The Hall–Kier alpha value is -0.900. The molecule has 0 aromatic heterocycles. The summed E-state index contributed by atoms with van der Waals surface area (Å²) in [6.45, 7) is 1.60. The van der Waals surface area contributed by atoms with Crippen LogP contribution in [0.25, 0.3) is 0 Å². The van der Waals surface area contributed by atoms with Gasteiger partial charge in [0.1, 0.15) is 5.82 Å². The third-order valence-corrected chi connectivity index (χ3v) is 2.01. The van der Waals surface area contributed by atoms with E-state index >= 15 is 0 Å². The zero-order valence-electron chi connectivity index (χ0n) is 6.42. The van der Waals surface area contributed by atoms with E-state index in [1.54, 1.807) is 6.07 Å². The van der Waals surface area contributed by atoms with Crippen molar-refractivity contribution in [3.63, 3.8) is 0 Å². The van der Waals surface area contributed by atoms with Crippen molar-refractivity contribution in [1.82, 2.24) is 0 Å². The molecular weight excluding hydrogens is 227 g/mol. The Bertz CT molecular complexity index is 263. The molecule has 0 spiro atoms. The molecule has 4 heteroatoms. The summed E-state index contributed by atoms with van der Waals surface area (Å²) in [6, 6.07) is 4.62. The van der Waals surface area contributed by atoms with Crippen molar-refractivity contribution in [3.05, 3.63) is 34.1 Å². The number of benzene rings is 1. The van der Waals surface area contributed by atoms with Gasteiger partial charge in [-0.05, 0) is 30.7 Å².